The Hall–Kier alpha value is -1.88. The van der Waals surface area contributed by atoms with Crippen LogP contribution in [0.5, 0.6) is 0 Å². The average molecular weight is 291 g/mol. The Morgan fingerprint density at radius 3 is 2.48 bits per heavy atom. The van der Waals surface area contributed by atoms with E-state index in [0.717, 1.165) is 12.0 Å². The molecular formula is C16H21NO4. The zero-order valence-corrected chi connectivity index (χ0v) is 12.6. The molecule has 0 spiro atoms. The summed E-state index contributed by atoms with van der Waals surface area (Å²) >= 11 is 0. The predicted molar refractivity (Wildman–Crippen MR) is 77.9 cm³/mol. The van der Waals surface area contributed by atoms with Gasteiger partial charge in [0.15, 0.2) is 6.10 Å². The molecule has 114 valence electrons. The second-order valence-electron chi connectivity index (χ2n) is 5.50. The number of rotatable bonds is 4. The number of carbonyl (C=O) groups is 2. The fourth-order valence-electron chi connectivity index (χ4n) is 2.73. The van der Waals surface area contributed by atoms with Gasteiger partial charge >= 0.3 is 5.97 Å². The minimum atomic E-state index is -1.04. The first kappa shape index (κ1) is 15.5. The van der Waals surface area contributed by atoms with Crippen LogP contribution < -0.4 is 0 Å². The highest BCUT2D eigenvalue weighted by molar-refractivity contribution is 5.83. The van der Waals surface area contributed by atoms with Gasteiger partial charge < -0.3 is 14.7 Å². The molecule has 1 N–H and O–H groups in total. The summed E-state index contributed by atoms with van der Waals surface area (Å²) in [5.41, 5.74) is 1.96. The number of amides is 1. The molecule has 1 aromatic carbocycles. The number of benzene rings is 1. The van der Waals surface area contributed by atoms with E-state index in [9.17, 15) is 14.7 Å². The molecule has 1 saturated heterocycles. The van der Waals surface area contributed by atoms with Crippen molar-refractivity contribution in [2.75, 3.05) is 6.61 Å². The molecule has 0 aromatic heterocycles. The molecule has 1 aliphatic rings. The smallest absolute Gasteiger partial charge is 0.335 e. The Balaban J connectivity index is 2.43. The summed E-state index contributed by atoms with van der Waals surface area (Å²) in [5.74, 6) is -1.22. The van der Waals surface area contributed by atoms with Crippen molar-refractivity contribution in [2.24, 2.45) is 0 Å². The van der Waals surface area contributed by atoms with Crippen molar-refractivity contribution >= 4 is 11.9 Å². The van der Waals surface area contributed by atoms with Gasteiger partial charge in [-0.25, -0.2) is 4.79 Å². The zero-order chi connectivity index (χ0) is 15.6. The van der Waals surface area contributed by atoms with Crippen molar-refractivity contribution < 1.29 is 19.4 Å². The van der Waals surface area contributed by atoms with Crippen LogP contribution in [0.1, 0.15) is 37.9 Å². The third-order valence-corrected chi connectivity index (χ3v) is 3.79. The van der Waals surface area contributed by atoms with E-state index in [1.165, 1.54) is 5.56 Å². The molecule has 5 nitrogen and oxygen atoms in total. The third kappa shape index (κ3) is 3.08. The molecule has 0 saturated carbocycles. The third-order valence-electron chi connectivity index (χ3n) is 3.79. The second kappa shape index (κ2) is 6.26. The first-order valence-electron chi connectivity index (χ1n) is 7.20. The SMILES string of the molecule is CCc1ccc(C2C(C(=O)O)OCC(=O)N2C(C)C)cc1. The van der Waals surface area contributed by atoms with Gasteiger partial charge in [-0.2, -0.15) is 0 Å². The Labute approximate surface area is 124 Å². The molecule has 1 aliphatic heterocycles. The number of aryl methyl sites for hydroxylation is 1. The number of carboxylic acids is 1. The fourth-order valence-corrected chi connectivity index (χ4v) is 2.73. The molecule has 1 amide bonds. The van der Waals surface area contributed by atoms with Gasteiger partial charge in [0.05, 0.1) is 6.04 Å². The van der Waals surface area contributed by atoms with Gasteiger partial charge in [-0.3, -0.25) is 4.79 Å². The van der Waals surface area contributed by atoms with E-state index >= 15 is 0 Å². The van der Waals surface area contributed by atoms with Gasteiger partial charge in [-0.15, -0.1) is 0 Å². The Kier molecular flexibility index (Phi) is 4.63. The van der Waals surface area contributed by atoms with Crippen LogP contribution in [0.15, 0.2) is 24.3 Å². The Morgan fingerprint density at radius 1 is 1.38 bits per heavy atom. The lowest BCUT2D eigenvalue weighted by Gasteiger charge is -2.42. The van der Waals surface area contributed by atoms with Crippen molar-refractivity contribution in [3.05, 3.63) is 35.4 Å². The Morgan fingerprint density at radius 2 is 2.00 bits per heavy atom. The average Bonchev–Trinajstić information content (AvgIpc) is 2.46. The maximum absolute atomic E-state index is 12.1. The van der Waals surface area contributed by atoms with E-state index in [2.05, 4.69) is 6.92 Å². The van der Waals surface area contributed by atoms with Crippen LogP contribution in [0.25, 0.3) is 0 Å². The zero-order valence-electron chi connectivity index (χ0n) is 12.6. The summed E-state index contributed by atoms with van der Waals surface area (Å²) in [6.45, 7) is 5.65. The summed E-state index contributed by atoms with van der Waals surface area (Å²) < 4.78 is 5.26. The second-order valence-corrected chi connectivity index (χ2v) is 5.50. The largest absolute Gasteiger partial charge is 0.479 e. The highest BCUT2D eigenvalue weighted by atomic mass is 16.5. The molecule has 0 bridgehead atoms. The molecule has 2 atom stereocenters. The number of hydrogen-bond acceptors (Lipinski definition) is 3. The maximum atomic E-state index is 12.1. The van der Waals surface area contributed by atoms with Crippen LogP contribution in [0.4, 0.5) is 0 Å². The van der Waals surface area contributed by atoms with E-state index in [4.69, 9.17) is 4.74 Å². The van der Waals surface area contributed by atoms with E-state index in [0.29, 0.717) is 0 Å². The number of morpholine rings is 1. The highest BCUT2D eigenvalue weighted by Gasteiger charge is 2.42. The van der Waals surface area contributed by atoms with Crippen molar-refractivity contribution in [3.8, 4) is 0 Å². The highest BCUT2D eigenvalue weighted by Crippen LogP contribution is 2.32. The minimum absolute atomic E-state index is 0.0842. The quantitative estimate of drug-likeness (QED) is 0.921. The van der Waals surface area contributed by atoms with E-state index in [-0.39, 0.29) is 18.6 Å². The lowest BCUT2D eigenvalue weighted by molar-refractivity contribution is -0.175. The lowest BCUT2D eigenvalue weighted by atomic mass is 9.95. The number of aliphatic carboxylic acids is 1. The van der Waals surface area contributed by atoms with Gasteiger partial charge in [0.1, 0.15) is 6.61 Å². The summed E-state index contributed by atoms with van der Waals surface area (Å²) in [6.07, 6.45) is -0.117. The molecule has 0 aliphatic carbocycles. The monoisotopic (exact) mass is 291 g/mol. The van der Waals surface area contributed by atoms with Crippen LogP contribution >= 0.6 is 0 Å². The van der Waals surface area contributed by atoms with Crippen LogP contribution in [0, 0.1) is 0 Å². The van der Waals surface area contributed by atoms with Crippen molar-refractivity contribution in [2.45, 2.75) is 45.4 Å². The molecule has 2 rings (SSSR count). The molecule has 5 heteroatoms. The molecular weight excluding hydrogens is 270 g/mol. The predicted octanol–water partition coefficient (Wildman–Crippen LogP) is 2.01. The lowest BCUT2D eigenvalue weighted by Crippen LogP contribution is -2.54. The molecule has 2 unspecified atom stereocenters. The minimum Gasteiger partial charge on any atom is -0.479 e. The first-order valence-corrected chi connectivity index (χ1v) is 7.20. The number of carbonyl (C=O) groups excluding carboxylic acids is 1. The van der Waals surface area contributed by atoms with Gasteiger partial charge in [-0.1, -0.05) is 31.2 Å². The topological polar surface area (TPSA) is 66.8 Å². The van der Waals surface area contributed by atoms with Crippen LogP contribution in [0.2, 0.25) is 0 Å². The molecule has 1 fully saturated rings. The first-order chi connectivity index (χ1) is 9.95. The molecule has 1 heterocycles. The van der Waals surface area contributed by atoms with Gasteiger partial charge in [-0.05, 0) is 31.4 Å². The summed E-state index contributed by atoms with van der Waals surface area (Å²) in [5, 5.41) is 9.39. The number of carboxylic acid groups (broad SMARTS) is 1. The van der Waals surface area contributed by atoms with Crippen LogP contribution in [-0.2, 0) is 20.7 Å². The van der Waals surface area contributed by atoms with Gasteiger partial charge in [0.2, 0.25) is 5.91 Å². The number of nitrogens with zero attached hydrogens (tertiary/aromatic N) is 1. The standard InChI is InChI=1S/C16H21NO4/c1-4-11-5-7-12(8-6-11)14-15(16(19)20)21-9-13(18)17(14)10(2)3/h5-8,10,14-15H,4,9H2,1-3H3,(H,19,20). The van der Waals surface area contributed by atoms with E-state index in [1.807, 2.05) is 38.1 Å². The van der Waals surface area contributed by atoms with Gasteiger partial charge in [0, 0.05) is 6.04 Å². The normalized spacial score (nSPS) is 22.7. The van der Waals surface area contributed by atoms with E-state index in [1.54, 1.807) is 4.90 Å². The Bertz CT molecular complexity index is 524. The molecule has 0 radical (unpaired) electrons. The fraction of sp³-hybridized carbons (Fsp3) is 0.500. The van der Waals surface area contributed by atoms with Crippen molar-refractivity contribution in [1.29, 1.82) is 0 Å². The van der Waals surface area contributed by atoms with E-state index < -0.39 is 18.1 Å². The number of ether oxygens (including phenoxy) is 1. The van der Waals surface area contributed by atoms with Crippen molar-refractivity contribution in [3.63, 3.8) is 0 Å². The summed E-state index contributed by atoms with van der Waals surface area (Å²) in [7, 11) is 0. The van der Waals surface area contributed by atoms with Crippen LogP contribution in [0.3, 0.4) is 0 Å². The molecule has 21 heavy (non-hydrogen) atoms. The molecule has 1 aromatic rings. The van der Waals surface area contributed by atoms with Gasteiger partial charge in [0.25, 0.3) is 0 Å². The summed E-state index contributed by atoms with van der Waals surface area (Å²) in [6, 6.07) is 7.03. The number of hydrogen-bond donors (Lipinski definition) is 1. The van der Waals surface area contributed by atoms with Crippen molar-refractivity contribution in [1.82, 2.24) is 4.90 Å². The maximum Gasteiger partial charge on any atom is 0.335 e. The summed E-state index contributed by atoms with van der Waals surface area (Å²) in [4.78, 5) is 25.2. The van der Waals surface area contributed by atoms with Crippen LogP contribution in [-0.4, -0.2) is 40.6 Å².